The molecule has 0 bridgehead atoms. The standard InChI is InChI=1S/C31H49ClO3/c1-22(33)35-31(4)18-15-27-28-23(12-10-8-6-5-7-9-11-19-32)20-24-21-25(34)13-16-29(24,2)26(28)14-17-30(27,31)3/h21,23,26-28H,5-20H2,1-4H3/t23-,26+,27+,28-,29+,30+,31+/m1/s1. The van der Waals surface area contributed by atoms with E-state index < -0.39 is 0 Å². The van der Waals surface area contributed by atoms with Crippen LogP contribution in [-0.4, -0.2) is 23.2 Å². The lowest BCUT2D eigenvalue weighted by Gasteiger charge is -2.61. The van der Waals surface area contributed by atoms with Gasteiger partial charge in [0.1, 0.15) is 5.60 Å². The summed E-state index contributed by atoms with van der Waals surface area (Å²) in [5.74, 6) is 3.62. The Balaban J connectivity index is 1.51. The van der Waals surface area contributed by atoms with Gasteiger partial charge in [0.15, 0.2) is 5.78 Å². The van der Waals surface area contributed by atoms with Crippen molar-refractivity contribution in [2.24, 2.45) is 34.5 Å². The van der Waals surface area contributed by atoms with Gasteiger partial charge in [-0.3, -0.25) is 9.59 Å². The Hall–Kier alpha value is -0.830. The second kappa shape index (κ2) is 10.9. The lowest BCUT2D eigenvalue weighted by atomic mass is 9.44. The number of allylic oxidation sites excluding steroid dienone is 1. The van der Waals surface area contributed by atoms with Crippen LogP contribution in [0.25, 0.3) is 0 Å². The first-order valence-electron chi connectivity index (χ1n) is 14.6. The van der Waals surface area contributed by atoms with E-state index in [0.717, 1.165) is 38.0 Å². The smallest absolute Gasteiger partial charge is 0.303 e. The molecule has 3 nitrogen and oxygen atoms in total. The van der Waals surface area contributed by atoms with Gasteiger partial charge in [0.25, 0.3) is 0 Å². The minimum absolute atomic E-state index is 0.0581. The molecule has 4 rings (SSSR count). The molecule has 0 aromatic carbocycles. The maximum absolute atomic E-state index is 12.4. The van der Waals surface area contributed by atoms with Crippen LogP contribution in [-0.2, 0) is 14.3 Å². The molecule has 0 spiro atoms. The molecule has 0 aromatic rings. The summed E-state index contributed by atoms with van der Waals surface area (Å²) in [6.45, 7) is 8.69. The predicted octanol–water partition coefficient (Wildman–Crippen LogP) is 8.43. The summed E-state index contributed by atoms with van der Waals surface area (Å²) in [4.78, 5) is 24.5. The third-order valence-corrected chi connectivity index (χ3v) is 11.5. The van der Waals surface area contributed by atoms with E-state index in [2.05, 4.69) is 26.8 Å². The highest BCUT2D eigenvalue weighted by Crippen LogP contribution is 2.69. The molecule has 198 valence electrons. The average molecular weight is 505 g/mol. The minimum atomic E-state index is -0.346. The number of hydrogen-bond acceptors (Lipinski definition) is 3. The van der Waals surface area contributed by atoms with Crippen LogP contribution in [0.3, 0.4) is 0 Å². The molecule has 4 aliphatic carbocycles. The maximum atomic E-state index is 12.4. The summed E-state index contributed by atoms with van der Waals surface area (Å²) in [5, 5.41) is 0. The number of fused-ring (bicyclic) bond motifs is 5. The van der Waals surface area contributed by atoms with Gasteiger partial charge in [-0.25, -0.2) is 0 Å². The summed E-state index contributed by atoms with van der Waals surface area (Å²) in [5.41, 5.74) is 1.36. The van der Waals surface area contributed by atoms with Crippen LogP contribution < -0.4 is 0 Å². The van der Waals surface area contributed by atoms with E-state index in [0.29, 0.717) is 35.9 Å². The van der Waals surface area contributed by atoms with Crippen molar-refractivity contribution in [2.75, 3.05) is 5.88 Å². The quantitative estimate of drug-likeness (QED) is 0.170. The maximum Gasteiger partial charge on any atom is 0.303 e. The number of esters is 1. The molecule has 0 aromatic heterocycles. The zero-order valence-electron chi connectivity index (χ0n) is 22.8. The molecule has 0 unspecified atom stereocenters. The monoisotopic (exact) mass is 504 g/mol. The van der Waals surface area contributed by atoms with E-state index in [1.807, 2.05) is 0 Å². The summed E-state index contributed by atoms with van der Waals surface area (Å²) >= 11 is 5.81. The molecule has 0 radical (unpaired) electrons. The van der Waals surface area contributed by atoms with Gasteiger partial charge in [-0.2, -0.15) is 0 Å². The summed E-state index contributed by atoms with van der Waals surface area (Å²) in [6, 6.07) is 0. The van der Waals surface area contributed by atoms with Gasteiger partial charge in [0.05, 0.1) is 0 Å². The van der Waals surface area contributed by atoms with E-state index in [1.165, 1.54) is 63.4 Å². The first-order valence-corrected chi connectivity index (χ1v) is 15.2. The molecule has 4 heteroatoms. The SMILES string of the molecule is CC(=O)O[C@@]1(C)CC[C@H]2[C@@H]3[C@H](CCCCCCCCCCl)CC4=CC(=O)CC[C@]4(C)[C@H]3CC[C@@]21C. The molecule has 0 amide bonds. The van der Waals surface area contributed by atoms with Crippen LogP contribution in [0.5, 0.6) is 0 Å². The fraction of sp³-hybridized carbons (Fsp3) is 0.871. The van der Waals surface area contributed by atoms with Crippen molar-refractivity contribution < 1.29 is 14.3 Å². The topological polar surface area (TPSA) is 43.4 Å². The van der Waals surface area contributed by atoms with E-state index in [9.17, 15) is 9.59 Å². The van der Waals surface area contributed by atoms with Crippen molar-refractivity contribution in [1.82, 2.24) is 0 Å². The van der Waals surface area contributed by atoms with E-state index in [-0.39, 0.29) is 22.4 Å². The van der Waals surface area contributed by atoms with Gasteiger partial charge in [0.2, 0.25) is 0 Å². The molecule has 0 N–H and O–H groups in total. The van der Waals surface area contributed by atoms with E-state index >= 15 is 0 Å². The Labute approximate surface area is 219 Å². The number of ketones is 1. The zero-order valence-corrected chi connectivity index (χ0v) is 23.6. The summed E-state index contributed by atoms with van der Waals surface area (Å²) < 4.78 is 6.08. The van der Waals surface area contributed by atoms with Gasteiger partial charge < -0.3 is 4.74 Å². The fourth-order valence-electron chi connectivity index (χ4n) is 9.10. The lowest BCUT2D eigenvalue weighted by molar-refractivity contribution is -0.180. The van der Waals surface area contributed by atoms with Crippen LogP contribution in [0.1, 0.15) is 124 Å². The van der Waals surface area contributed by atoms with E-state index in [4.69, 9.17) is 16.3 Å². The Kier molecular flexibility index (Phi) is 8.46. The third-order valence-electron chi connectivity index (χ3n) is 11.2. The number of ether oxygens (including phenoxy) is 1. The summed E-state index contributed by atoms with van der Waals surface area (Å²) in [7, 11) is 0. The number of halogens is 1. The normalized spacial score (nSPS) is 40.5. The Morgan fingerprint density at radius 3 is 2.31 bits per heavy atom. The second-order valence-electron chi connectivity index (χ2n) is 13.1. The van der Waals surface area contributed by atoms with Crippen LogP contribution in [0, 0.1) is 34.5 Å². The first kappa shape index (κ1) is 27.2. The second-order valence-corrected chi connectivity index (χ2v) is 13.5. The number of rotatable bonds is 10. The van der Waals surface area contributed by atoms with Crippen LogP contribution in [0.4, 0.5) is 0 Å². The van der Waals surface area contributed by atoms with Crippen LogP contribution >= 0.6 is 11.6 Å². The Morgan fingerprint density at radius 1 is 0.971 bits per heavy atom. The molecule has 3 saturated carbocycles. The number of unbranched alkanes of at least 4 members (excludes halogenated alkanes) is 6. The van der Waals surface area contributed by atoms with Gasteiger partial charge in [-0.05, 0) is 93.5 Å². The highest BCUT2D eigenvalue weighted by atomic mass is 35.5. The molecular formula is C31H49ClO3. The highest BCUT2D eigenvalue weighted by molar-refractivity contribution is 6.17. The highest BCUT2D eigenvalue weighted by Gasteiger charge is 2.65. The molecular weight excluding hydrogens is 456 g/mol. The fourth-order valence-corrected chi connectivity index (χ4v) is 9.29. The third kappa shape index (κ3) is 5.14. The number of alkyl halides is 1. The number of carbonyl (C=O) groups is 2. The van der Waals surface area contributed by atoms with Crippen molar-refractivity contribution in [1.29, 1.82) is 0 Å². The molecule has 0 heterocycles. The van der Waals surface area contributed by atoms with E-state index in [1.54, 1.807) is 6.92 Å². The number of carbonyl (C=O) groups excluding carboxylic acids is 2. The van der Waals surface area contributed by atoms with Crippen molar-refractivity contribution in [3.05, 3.63) is 11.6 Å². The van der Waals surface area contributed by atoms with Crippen LogP contribution in [0.2, 0.25) is 0 Å². The van der Waals surface area contributed by atoms with Gasteiger partial charge in [0, 0.05) is 24.6 Å². The Bertz CT molecular complexity index is 820. The molecule has 0 saturated heterocycles. The van der Waals surface area contributed by atoms with Gasteiger partial charge >= 0.3 is 5.97 Å². The molecule has 35 heavy (non-hydrogen) atoms. The molecule has 7 atom stereocenters. The van der Waals surface area contributed by atoms with Crippen molar-refractivity contribution in [3.8, 4) is 0 Å². The molecule has 3 fully saturated rings. The van der Waals surface area contributed by atoms with Gasteiger partial charge in [-0.1, -0.05) is 57.9 Å². The van der Waals surface area contributed by atoms with Crippen LogP contribution in [0.15, 0.2) is 11.6 Å². The van der Waals surface area contributed by atoms with Crippen molar-refractivity contribution in [2.45, 2.75) is 130 Å². The first-order chi connectivity index (χ1) is 16.6. The summed E-state index contributed by atoms with van der Waals surface area (Å²) in [6.07, 6.45) is 19.7. The predicted molar refractivity (Wildman–Crippen MR) is 143 cm³/mol. The molecule has 0 aliphatic heterocycles. The van der Waals surface area contributed by atoms with Crippen molar-refractivity contribution >= 4 is 23.4 Å². The average Bonchev–Trinajstić information content (AvgIpc) is 3.06. The van der Waals surface area contributed by atoms with Crippen molar-refractivity contribution in [3.63, 3.8) is 0 Å². The largest absolute Gasteiger partial charge is 0.459 e. The van der Waals surface area contributed by atoms with Gasteiger partial charge in [-0.15, -0.1) is 11.6 Å². The lowest BCUT2D eigenvalue weighted by Crippen LogP contribution is -2.57. The Morgan fingerprint density at radius 2 is 1.63 bits per heavy atom. The zero-order chi connectivity index (χ0) is 25.3. The molecule has 4 aliphatic rings. The minimum Gasteiger partial charge on any atom is -0.459 e. The number of hydrogen-bond donors (Lipinski definition) is 0.